The highest BCUT2D eigenvalue weighted by molar-refractivity contribution is 7.80. The van der Waals surface area contributed by atoms with Crippen LogP contribution in [0.1, 0.15) is 82.3 Å². The summed E-state index contributed by atoms with van der Waals surface area (Å²) in [5, 5.41) is 1.76. The lowest BCUT2D eigenvalue weighted by Crippen LogP contribution is -2.28. The fourth-order valence-corrected chi connectivity index (χ4v) is 11.4. The van der Waals surface area contributed by atoms with Gasteiger partial charge in [-0.15, -0.1) is 0 Å². The number of hydrogen-bond donors (Lipinski definition) is 0. The average molecular weight is 406 g/mol. The summed E-state index contributed by atoms with van der Waals surface area (Å²) in [5.41, 5.74) is 6.25. The van der Waals surface area contributed by atoms with E-state index in [0.29, 0.717) is 0 Å². The molecule has 2 fully saturated rings. The SMILES string of the molecule is CC(=C(c1ccccc1)c1ccccc1)[P+](C)(C1CCCCC1)C1CCCCC1. The van der Waals surface area contributed by atoms with Gasteiger partial charge >= 0.3 is 0 Å². The molecule has 0 bridgehead atoms. The molecular weight excluding hydrogens is 367 g/mol. The Balaban J connectivity index is 1.88. The first-order chi connectivity index (χ1) is 14.2. The first-order valence-electron chi connectivity index (χ1n) is 11.9. The van der Waals surface area contributed by atoms with Crippen molar-refractivity contribution in [2.45, 2.75) is 82.4 Å². The highest BCUT2D eigenvalue weighted by atomic mass is 31.2. The van der Waals surface area contributed by atoms with Gasteiger partial charge in [-0.25, -0.2) is 0 Å². The summed E-state index contributed by atoms with van der Waals surface area (Å²) in [6.45, 7) is 5.30. The van der Waals surface area contributed by atoms with Crippen LogP contribution in [0.5, 0.6) is 0 Å². The van der Waals surface area contributed by atoms with Gasteiger partial charge in [0.05, 0.1) is 23.3 Å². The molecule has 2 aliphatic rings. The van der Waals surface area contributed by atoms with E-state index in [4.69, 9.17) is 0 Å². The second kappa shape index (κ2) is 9.61. The van der Waals surface area contributed by atoms with Crippen LogP contribution in [0.25, 0.3) is 5.57 Å². The molecule has 0 amide bonds. The molecular formula is C28H38P+. The first-order valence-corrected chi connectivity index (χ1v) is 14.3. The molecule has 0 aliphatic heterocycles. The topological polar surface area (TPSA) is 0 Å². The van der Waals surface area contributed by atoms with E-state index in [0.717, 1.165) is 11.3 Å². The van der Waals surface area contributed by atoms with E-state index in [-0.39, 0.29) is 0 Å². The zero-order valence-electron chi connectivity index (χ0n) is 18.4. The van der Waals surface area contributed by atoms with Gasteiger partial charge in [-0.1, -0.05) is 73.5 Å². The molecule has 0 spiro atoms. The Morgan fingerprint density at radius 3 is 1.38 bits per heavy atom. The molecule has 0 N–H and O–H groups in total. The second-order valence-electron chi connectivity index (χ2n) is 9.42. The first kappa shape index (κ1) is 20.9. The zero-order chi connectivity index (χ0) is 20.1. The van der Waals surface area contributed by atoms with E-state index in [9.17, 15) is 0 Å². The molecule has 1 heteroatoms. The lowest BCUT2D eigenvalue weighted by atomic mass is 9.97. The minimum absolute atomic E-state index is 0.946. The Kier molecular flexibility index (Phi) is 6.92. The molecule has 2 aromatic rings. The van der Waals surface area contributed by atoms with Gasteiger partial charge in [0.15, 0.2) is 0 Å². The van der Waals surface area contributed by atoms with Crippen LogP contribution >= 0.6 is 7.26 Å². The Morgan fingerprint density at radius 1 is 0.621 bits per heavy atom. The van der Waals surface area contributed by atoms with E-state index in [1.807, 2.05) is 0 Å². The quantitative estimate of drug-likeness (QED) is 0.436. The van der Waals surface area contributed by atoms with Crippen molar-refractivity contribution in [2.75, 3.05) is 6.66 Å². The third-order valence-electron chi connectivity index (χ3n) is 7.88. The highest BCUT2D eigenvalue weighted by Gasteiger charge is 2.51. The van der Waals surface area contributed by atoms with Crippen LogP contribution in [-0.2, 0) is 0 Å². The molecule has 0 aromatic heterocycles. The van der Waals surface area contributed by atoms with Crippen LogP contribution in [0.2, 0.25) is 0 Å². The van der Waals surface area contributed by atoms with Crippen molar-refractivity contribution in [1.82, 2.24) is 0 Å². The van der Waals surface area contributed by atoms with Crippen molar-refractivity contribution in [2.24, 2.45) is 0 Å². The van der Waals surface area contributed by atoms with Crippen molar-refractivity contribution in [3.05, 3.63) is 77.1 Å². The van der Waals surface area contributed by atoms with E-state index in [1.165, 1.54) is 80.9 Å². The number of benzene rings is 2. The van der Waals surface area contributed by atoms with Crippen LogP contribution in [0, 0.1) is 0 Å². The molecule has 154 valence electrons. The Bertz CT molecular complexity index is 733. The van der Waals surface area contributed by atoms with E-state index < -0.39 is 7.26 Å². The fourth-order valence-electron chi connectivity index (χ4n) is 6.12. The molecule has 2 aliphatic carbocycles. The van der Waals surface area contributed by atoms with E-state index >= 15 is 0 Å². The minimum atomic E-state index is -1.22. The largest absolute Gasteiger partial charge is 0.0771 e. The Hall–Kier alpha value is -1.39. The van der Waals surface area contributed by atoms with Crippen LogP contribution in [0.4, 0.5) is 0 Å². The second-order valence-corrected chi connectivity index (χ2v) is 13.8. The maximum atomic E-state index is 2.76. The zero-order valence-corrected chi connectivity index (χ0v) is 19.3. The average Bonchev–Trinajstić information content (AvgIpc) is 2.81. The van der Waals surface area contributed by atoms with Gasteiger partial charge in [0.1, 0.15) is 0 Å². The summed E-state index contributed by atoms with van der Waals surface area (Å²) in [4.78, 5) is 0. The smallest absolute Gasteiger partial charge is 0.0622 e. The minimum Gasteiger partial charge on any atom is -0.0622 e. The third kappa shape index (κ3) is 4.39. The van der Waals surface area contributed by atoms with Crippen LogP contribution in [0.3, 0.4) is 0 Å². The molecule has 4 rings (SSSR count). The summed E-state index contributed by atoms with van der Waals surface area (Å²) in [6.07, 6.45) is 14.6. The van der Waals surface area contributed by atoms with E-state index in [2.05, 4.69) is 74.3 Å². The third-order valence-corrected chi connectivity index (χ3v) is 13.6. The number of allylic oxidation sites excluding steroid dienone is 1. The van der Waals surface area contributed by atoms with Crippen molar-refractivity contribution in [3.8, 4) is 0 Å². The van der Waals surface area contributed by atoms with Gasteiger partial charge in [0, 0.05) is 12.8 Å². The lowest BCUT2D eigenvalue weighted by molar-refractivity contribution is 0.481. The van der Waals surface area contributed by atoms with Crippen molar-refractivity contribution in [1.29, 1.82) is 0 Å². The molecule has 0 unspecified atom stereocenters. The summed E-state index contributed by atoms with van der Waals surface area (Å²) in [5.74, 6) is 0. The van der Waals surface area contributed by atoms with Gasteiger partial charge in [-0.3, -0.25) is 0 Å². The highest BCUT2D eigenvalue weighted by Crippen LogP contribution is 2.76. The number of rotatable bonds is 5. The fraction of sp³-hybridized carbons (Fsp3) is 0.500. The summed E-state index contributed by atoms with van der Waals surface area (Å²) in [6, 6.07) is 22.5. The maximum Gasteiger partial charge on any atom is 0.0771 e. The summed E-state index contributed by atoms with van der Waals surface area (Å²) < 4.78 is 0. The molecule has 0 heterocycles. The van der Waals surface area contributed by atoms with Gasteiger partial charge in [0.2, 0.25) is 0 Å². The van der Waals surface area contributed by atoms with Gasteiger partial charge in [-0.05, 0) is 69.4 Å². The molecule has 0 atom stereocenters. The maximum absolute atomic E-state index is 2.76. The molecule has 0 saturated heterocycles. The summed E-state index contributed by atoms with van der Waals surface area (Å²) in [7, 11) is -1.22. The summed E-state index contributed by atoms with van der Waals surface area (Å²) >= 11 is 0. The monoisotopic (exact) mass is 405 g/mol. The predicted octanol–water partition coefficient (Wildman–Crippen LogP) is 8.78. The molecule has 2 aromatic carbocycles. The van der Waals surface area contributed by atoms with Crippen LogP contribution < -0.4 is 0 Å². The predicted molar refractivity (Wildman–Crippen MR) is 131 cm³/mol. The van der Waals surface area contributed by atoms with Crippen molar-refractivity contribution >= 4 is 12.8 Å². The normalized spacial score (nSPS) is 19.1. The van der Waals surface area contributed by atoms with Gasteiger partial charge < -0.3 is 0 Å². The molecule has 29 heavy (non-hydrogen) atoms. The van der Waals surface area contributed by atoms with Crippen molar-refractivity contribution < 1.29 is 0 Å². The Labute approximate surface area is 179 Å². The standard InChI is InChI=1S/C28H38P/c1-23(28(24-15-7-3-8-16-24)25-17-9-4-10-18-25)29(2,26-19-11-5-12-20-26)27-21-13-6-14-22-27/h3-4,7-10,15-18,26-27H,5-6,11-14,19-22H2,1-2H3/q+1. The number of hydrogen-bond acceptors (Lipinski definition) is 0. The van der Waals surface area contributed by atoms with Crippen LogP contribution in [0.15, 0.2) is 66.0 Å². The Morgan fingerprint density at radius 2 is 1.00 bits per heavy atom. The molecule has 0 radical (unpaired) electrons. The molecule has 0 nitrogen and oxygen atoms in total. The molecule has 2 saturated carbocycles. The van der Waals surface area contributed by atoms with Crippen molar-refractivity contribution in [3.63, 3.8) is 0 Å². The lowest BCUT2D eigenvalue weighted by Gasteiger charge is -2.42. The van der Waals surface area contributed by atoms with Gasteiger partial charge in [-0.2, -0.15) is 0 Å². The van der Waals surface area contributed by atoms with Gasteiger partial charge in [0.25, 0.3) is 0 Å². The van der Waals surface area contributed by atoms with E-state index in [1.54, 1.807) is 5.31 Å². The van der Waals surface area contributed by atoms with Crippen LogP contribution in [-0.4, -0.2) is 18.0 Å².